The Kier molecular flexibility index (Phi) is 3.08. The molecule has 0 saturated carbocycles. The van der Waals surface area contributed by atoms with Crippen LogP contribution < -0.4 is 9.64 Å². The lowest BCUT2D eigenvalue weighted by molar-refractivity contribution is 0.289. The lowest BCUT2D eigenvalue weighted by atomic mass is 9.88. The van der Waals surface area contributed by atoms with Crippen molar-refractivity contribution in [1.82, 2.24) is 9.97 Å². The second-order valence-electron chi connectivity index (χ2n) is 5.13. The highest BCUT2D eigenvalue weighted by molar-refractivity contribution is 7.92. The van der Waals surface area contributed by atoms with Gasteiger partial charge in [0.05, 0.1) is 18.1 Å². The van der Waals surface area contributed by atoms with Crippen LogP contribution in [0.4, 0.5) is 5.95 Å². The molecule has 0 aliphatic carbocycles. The normalized spacial score (nSPS) is 22.7. The summed E-state index contributed by atoms with van der Waals surface area (Å²) in [5, 5.41) is 0. The van der Waals surface area contributed by atoms with Crippen molar-refractivity contribution in [2.75, 3.05) is 36.1 Å². The highest BCUT2D eigenvalue weighted by Gasteiger charge is 2.44. The molecule has 2 aliphatic heterocycles. The second kappa shape index (κ2) is 4.63. The molecule has 0 atom stereocenters. The van der Waals surface area contributed by atoms with E-state index in [1.165, 1.54) is 0 Å². The number of rotatable bonds is 4. The van der Waals surface area contributed by atoms with Gasteiger partial charge < -0.3 is 9.64 Å². The van der Waals surface area contributed by atoms with Gasteiger partial charge in [-0.2, -0.15) is 4.98 Å². The van der Waals surface area contributed by atoms with Crippen LogP contribution in [-0.2, 0) is 9.84 Å². The summed E-state index contributed by atoms with van der Waals surface area (Å²) in [6.45, 7) is 4.18. The van der Waals surface area contributed by atoms with Crippen molar-refractivity contribution in [1.29, 1.82) is 0 Å². The van der Waals surface area contributed by atoms with Crippen molar-refractivity contribution in [2.45, 2.75) is 6.92 Å². The molecule has 19 heavy (non-hydrogen) atoms. The Morgan fingerprint density at radius 2 is 2.11 bits per heavy atom. The van der Waals surface area contributed by atoms with Crippen molar-refractivity contribution >= 4 is 15.8 Å². The maximum absolute atomic E-state index is 11.2. The second-order valence-corrected chi connectivity index (χ2v) is 7.28. The Hall–Kier alpha value is -1.37. The van der Waals surface area contributed by atoms with Gasteiger partial charge in [0.15, 0.2) is 9.84 Å². The molecule has 0 unspecified atom stereocenters. The van der Waals surface area contributed by atoms with Gasteiger partial charge in [0.25, 0.3) is 0 Å². The maximum Gasteiger partial charge on any atom is 0.228 e. The van der Waals surface area contributed by atoms with E-state index in [9.17, 15) is 8.42 Å². The molecule has 0 amide bonds. The predicted octanol–water partition coefficient (Wildman–Crippen LogP) is 0.356. The molecule has 0 spiro atoms. The third-order valence-electron chi connectivity index (χ3n) is 3.70. The summed E-state index contributed by atoms with van der Waals surface area (Å²) in [7, 11) is -2.72. The van der Waals surface area contributed by atoms with Crippen LogP contribution in [0, 0.1) is 11.8 Å². The topological polar surface area (TPSA) is 72.4 Å². The van der Waals surface area contributed by atoms with Crippen LogP contribution in [0.15, 0.2) is 12.3 Å². The fraction of sp³-hybridized carbons (Fsp3) is 0.667. The minimum absolute atomic E-state index is 0.330. The fourth-order valence-corrected chi connectivity index (χ4v) is 4.31. The van der Waals surface area contributed by atoms with Gasteiger partial charge in [-0.1, -0.05) is 0 Å². The Morgan fingerprint density at radius 3 is 2.74 bits per heavy atom. The highest BCUT2D eigenvalue weighted by Crippen LogP contribution is 2.34. The smallest absolute Gasteiger partial charge is 0.228 e. The first-order chi connectivity index (χ1) is 9.07. The first-order valence-corrected chi connectivity index (χ1v) is 8.31. The van der Waals surface area contributed by atoms with Gasteiger partial charge in [-0.05, 0) is 18.8 Å². The molecule has 6 nitrogen and oxygen atoms in total. The standard InChI is InChI=1S/C12H17N3O3S/c1-2-18-11-3-4-13-12(14-11)15-5-9(6-15)10-7-19(16,17)8-10/h3-4,9-10H,2,5-8H2,1H3. The summed E-state index contributed by atoms with van der Waals surface area (Å²) in [4.78, 5) is 10.6. The van der Waals surface area contributed by atoms with Gasteiger partial charge in [0, 0.05) is 25.4 Å². The molecule has 0 N–H and O–H groups in total. The lowest BCUT2D eigenvalue weighted by Crippen LogP contribution is -2.56. The van der Waals surface area contributed by atoms with E-state index in [2.05, 4.69) is 14.9 Å². The summed E-state index contributed by atoms with van der Waals surface area (Å²) < 4.78 is 27.7. The van der Waals surface area contributed by atoms with Crippen LogP contribution in [0.1, 0.15) is 6.92 Å². The first-order valence-electron chi connectivity index (χ1n) is 6.48. The molecule has 2 aliphatic rings. The predicted molar refractivity (Wildman–Crippen MR) is 71.0 cm³/mol. The zero-order chi connectivity index (χ0) is 13.5. The molecule has 1 aromatic heterocycles. The van der Waals surface area contributed by atoms with Crippen LogP contribution in [0.5, 0.6) is 5.88 Å². The van der Waals surface area contributed by atoms with E-state index in [-0.39, 0.29) is 0 Å². The van der Waals surface area contributed by atoms with Crippen molar-refractivity contribution in [2.24, 2.45) is 11.8 Å². The van der Waals surface area contributed by atoms with Crippen LogP contribution in [0.3, 0.4) is 0 Å². The molecule has 0 aromatic carbocycles. The van der Waals surface area contributed by atoms with Crippen LogP contribution in [0.2, 0.25) is 0 Å². The molecule has 2 fully saturated rings. The van der Waals surface area contributed by atoms with Crippen molar-refractivity contribution in [3.63, 3.8) is 0 Å². The summed E-state index contributed by atoms with van der Waals surface area (Å²) in [6.07, 6.45) is 1.69. The fourth-order valence-electron chi connectivity index (χ4n) is 2.56. The average Bonchev–Trinajstić information content (AvgIpc) is 2.25. The van der Waals surface area contributed by atoms with E-state index in [1.54, 1.807) is 12.3 Å². The highest BCUT2D eigenvalue weighted by atomic mass is 32.2. The van der Waals surface area contributed by atoms with Gasteiger partial charge in [-0.25, -0.2) is 13.4 Å². The zero-order valence-electron chi connectivity index (χ0n) is 10.8. The average molecular weight is 283 g/mol. The monoisotopic (exact) mass is 283 g/mol. The third kappa shape index (κ3) is 2.51. The Morgan fingerprint density at radius 1 is 1.37 bits per heavy atom. The van der Waals surface area contributed by atoms with E-state index in [4.69, 9.17) is 4.74 Å². The van der Waals surface area contributed by atoms with Crippen molar-refractivity contribution < 1.29 is 13.2 Å². The first kappa shape index (κ1) is 12.7. The quantitative estimate of drug-likeness (QED) is 0.794. The molecular weight excluding hydrogens is 266 g/mol. The van der Waals surface area contributed by atoms with Crippen molar-refractivity contribution in [3.8, 4) is 5.88 Å². The number of hydrogen-bond acceptors (Lipinski definition) is 6. The molecule has 0 radical (unpaired) electrons. The molecule has 2 saturated heterocycles. The minimum Gasteiger partial charge on any atom is -0.478 e. The molecular formula is C12H17N3O3S. The Bertz CT molecular complexity index is 557. The van der Waals surface area contributed by atoms with Crippen LogP contribution >= 0.6 is 0 Å². The summed E-state index contributed by atoms with van der Waals surface area (Å²) in [6, 6.07) is 1.74. The lowest BCUT2D eigenvalue weighted by Gasteiger charge is -2.46. The van der Waals surface area contributed by atoms with Gasteiger partial charge >= 0.3 is 0 Å². The van der Waals surface area contributed by atoms with E-state index in [0.29, 0.717) is 41.8 Å². The Labute approximate surface area is 112 Å². The van der Waals surface area contributed by atoms with E-state index in [1.807, 2.05) is 6.92 Å². The van der Waals surface area contributed by atoms with E-state index >= 15 is 0 Å². The largest absolute Gasteiger partial charge is 0.478 e. The zero-order valence-corrected chi connectivity index (χ0v) is 11.6. The summed E-state index contributed by atoms with van der Waals surface area (Å²) >= 11 is 0. The minimum atomic E-state index is -2.72. The van der Waals surface area contributed by atoms with Crippen LogP contribution in [-0.4, -0.2) is 49.6 Å². The van der Waals surface area contributed by atoms with E-state index in [0.717, 1.165) is 13.1 Å². The Balaban J connectivity index is 1.57. The molecule has 1 aromatic rings. The van der Waals surface area contributed by atoms with Gasteiger partial charge in [-0.3, -0.25) is 0 Å². The van der Waals surface area contributed by atoms with Gasteiger partial charge in [0.1, 0.15) is 0 Å². The SMILES string of the molecule is CCOc1ccnc(N2CC(C3CS(=O)(=O)C3)C2)n1. The number of sulfone groups is 1. The molecule has 0 bridgehead atoms. The van der Waals surface area contributed by atoms with Gasteiger partial charge in [0.2, 0.25) is 11.8 Å². The van der Waals surface area contributed by atoms with Gasteiger partial charge in [-0.15, -0.1) is 0 Å². The molecule has 7 heteroatoms. The summed E-state index contributed by atoms with van der Waals surface area (Å²) in [5.41, 5.74) is 0. The van der Waals surface area contributed by atoms with Crippen LogP contribution in [0.25, 0.3) is 0 Å². The number of aromatic nitrogens is 2. The molecule has 3 heterocycles. The van der Waals surface area contributed by atoms with Crippen molar-refractivity contribution in [3.05, 3.63) is 12.3 Å². The number of ether oxygens (including phenoxy) is 1. The van der Waals surface area contributed by atoms with E-state index < -0.39 is 9.84 Å². The number of nitrogens with zero attached hydrogens (tertiary/aromatic N) is 3. The number of hydrogen-bond donors (Lipinski definition) is 0. The number of anilines is 1. The molecule has 3 rings (SSSR count). The third-order valence-corrected chi connectivity index (χ3v) is 5.58. The summed E-state index contributed by atoms with van der Waals surface area (Å²) in [5.74, 6) is 2.75. The molecule has 104 valence electrons. The maximum atomic E-state index is 11.2.